The van der Waals surface area contributed by atoms with Gasteiger partial charge in [0.15, 0.2) is 0 Å². The molecular formula is C20H33NO2. The summed E-state index contributed by atoms with van der Waals surface area (Å²) < 4.78 is 5.47. The van der Waals surface area contributed by atoms with E-state index in [4.69, 9.17) is 4.74 Å². The van der Waals surface area contributed by atoms with Crippen LogP contribution in [-0.4, -0.2) is 36.2 Å². The number of aliphatic hydroxyl groups excluding tert-OH is 1. The van der Waals surface area contributed by atoms with Crippen LogP contribution in [0, 0.1) is 0 Å². The van der Waals surface area contributed by atoms with E-state index in [9.17, 15) is 5.11 Å². The van der Waals surface area contributed by atoms with E-state index in [1.165, 1.54) is 24.8 Å². The minimum atomic E-state index is -0.471. The molecule has 0 bridgehead atoms. The Balaban J connectivity index is 2.09. The maximum Gasteiger partial charge on any atom is 0.124 e. The van der Waals surface area contributed by atoms with Crippen LogP contribution in [-0.2, 0) is 5.41 Å². The number of benzene rings is 1. The van der Waals surface area contributed by atoms with E-state index in [2.05, 4.69) is 44.7 Å². The Bertz CT molecular complexity index is 507. The van der Waals surface area contributed by atoms with Crippen molar-refractivity contribution in [3.8, 4) is 5.75 Å². The van der Waals surface area contributed by atoms with Crippen molar-refractivity contribution in [2.24, 2.45) is 0 Å². The van der Waals surface area contributed by atoms with Crippen LogP contribution < -0.4 is 4.74 Å². The molecule has 1 N–H and O–H groups in total. The van der Waals surface area contributed by atoms with Gasteiger partial charge in [0.2, 0.25) is 0 Å². The predicted octanol–water partition coefficient (Wildman–Crippen LogP) is 4.29. The zero-order valence-electron chi connectivity index (χ0n) is 15.4. The first-order valence-corrected chi connectivity index (χ1v) is 8.93. The number of aliphatic hydroxyl groups is 1. The third-order valence-electron chi connectivity index (χ3n) is 5.09. The second kappa shape index (κ2) is 7.67. The molecule has 1 aromatic rings. The van der Waals surface area contributed by atoms with Gasteiger partial charge >= 0.3 is 0 Å². The molecule has 1 aliphatic rings. The van der Waals surface area contributed by atoms with Gasteiger partial charge < -0.3 is 14.7 Å². The number of piperidine rings is 1. The lowest BCUT2D eigenvalue weighted by molar-refractivity contribution is 0.108. The average molecular weight is 319 g/mol. The first-order chi connectivity index (χ1) is 10.8. The van der Waals surface area contributed by atoms with Crippen molar-refractivity contribution in [3.63, 3.8) is 0 Å². The number of hydrogen-bond acceptors (Lipinski definition) is 3. The van der Waals surface area contributed by atoms with E-state index in [0.29, 0.717) is 6.04 Å². The minimum Gasteiger partial charge on any atom is -0.496 e. The molecule has 0 aliphatic carbocycles. The zero-order chi connectivity index (χ0) is 17.0. The highest BCUT2D eigenvalue weighted by Crippen LogP contribution is 2.33. The number of rotatable bonds is 5. The summed E-state index contributed by atoms with van der Waals surface area (Å²) in [5.41, 5.74) is 2.23. The van der Waals surface area contributed by atoms with Gasteiger partial charge in [-0.05, 0) is 55.8 Å². The van der Waals surface area contributed by atoms with Crippen molar-refractivity contribution in [2.75, 3.05) is 20.2 Å². The highest BCUT2D eigenvalue weighted by Gasteiger charge is 2.22. The van der Waals surface area contributed by atoms with Crippen molar-refractivity contribution in [3.05, 3.63) is 29.3 Å². The quantitative estimate of drug-likeness (QED) is 0.879. The van der Waals surface area contributed by atoms with Crippen LogP contribution in [0.3, 0.4) is 0 Å². The summed E-state index contributed by atoms with van der Waals surface area (Å²) in [7, 11) is 1.68. The second-order valence-corrected chi connectivity index (χ2v) is 7.89. The summed E-state index contributed by atoms with van der Waals surface area (Å²) >= 11 is 0. The lowest BCUT2D eigenvalue weighted by Gasteiger charge is -2.34. The van der Waals surface area contributed by atoms with E-state index in [1.54, 1.807) is 7.11 Å². The molecule has 2 unspecified atom stereocenters. The van der Waals surface area contributed by atoms with Crippen molar-refractivity contribution in [1.82, 2.24) is 4.90 Å². The molecule has 0 amide bonds. The van der Waals surface area contributed by atoms with Crippen LogP contribution >= 0.6 is 0 Å². The molecule has 1 saturated heterocycles. The van der Waals surface area contributed by atoms with Crippen molar-refractivity contribution in [1.29, 1.82) is 0 Å². The molecule has 3 heteroatoms. The fourth-order valence-corrected chi connectivity index (χ4v) is 3.39. The Morgan fingerprint density at radius 1 is 1.30 bits per heavy atom. The van der Waals surface area contributed by atoms with Gasteiger partial charge in [-0.2, -0.15) is 0 Å². The van der Waals surface area contributed by atoms with Gasteiger partial charge in [-0.3, -0.25) is 0 Å². The predicted molar refractivity (Wildman–Crippen MR) is 96.2 cm³/mol. The smallest absolute Gasteiger partial charge is 0.124 e. The fourth-order valence-electron chi connectivity index (χ4n) is 3.39. The average Bonchev–Trinajstić information content (AvgIpc) is 2.52. The lowest BCUT2D eigenvalue weighted by Crippen LogP contribution is -2.38. The van der Waals surface area contributed by atoms with Gasteiger partial charge in [0.25, 0.3) is 0 Å². The Kier molecular flexibility index (Phi) is 6.10. The summed E-state index contributed by atoms with van der Waals surface area (Å²) in [4.78, 5) is 2.51. The first kappa shape index (κ1) is 18.3. The first-order valence-electron chi connectivity index (χ1n) is 8.93. The van der Waals surface area contributed by atoms with Gasteiger partial charge in [-0.1, -0.05) is 33.3 Å². The molecule has 130 valence electrons. The summed E-state index contributed by atoms with van der Waals surface area (Å²) in [5.74, 6) is 0.789. The number of ether oxygens (including phenoxy) is 1. The topological polar surface area (TPSA) is 32.7 Å². The summed E-state index contributed by atoms with van der Waals surface area (Å²) in [6, 6.07) is 6.84. The van der Waals surface area contributed by atoms with Crippen molar-refractivity contribution < 1.29 is 9.84 Å². The van der Waals surface area contributed by atoms with E-state index in [-0.39, 0.29) is 5.41 Å². The summed E-state index contributed by atoms with van der Waals surface area (Å²) in [6.45, 7) is 11.0. The maximum absolute atomic E-state index is 10.7. The highest BCUT2D eigenvalue weighted by atomic mass is 16.5. The van der Waals surface area contributed by atoms with Gasteiger partial charge in [0.1, 0.15) is 5.75 Å². The zero-order valence-corrected chi connectivity index (χ0v) is 15.4. The van der Waals surface area contributed by atoms with Gasteiger partial charge in [-0.25, -0.2) is 0 Å². The van der Waals surface area contributed by atoms with E-state index in [0.717, 1.165) is 30.8 Å². The van der Waals surface area contributed by atoms with Crippen LogP contribution in [0.25, 0.3) is 0 Å². The number of methoxy groups -OCH3 is 1. The third-order valence-corrected chi connectivity index (χ3v) is 5.09. The highest BCUT2D eigenvalue weighted by molar-refractivity contribution is 5.41. The molecule has 1 aliphatic heterocycles. The molecule has 2 atom stereocenters. The number of likely N-dealkylation sites (tertiary alicyclic amines) is 1. The Hall–Kier alpha value is -1.06. The van der Waals surface area contributed by atoms with Crippen LogP contribution in [0.5, 0.6) is 5.75 Å². The lowest BCUT2D eigenvalue weighted by atomic mass is 9.85. The SMILES string of the molecule is COc1ccc(C(C)(C)C)cc1C(O)CCN1CCCCC1C. The summed E-state index contributed by atoms with van der Waals surface area (Å²) in [6.07, 6.45) is 4.18. The Morgan fingerprint density at radius 3 is 2.65 bits per heavy atom. The molecule has 0 radical (unpaired) electrons. The molecule has 0 spiro atoms. The molecule has 1 heterocycles. The van der Waals surface area contributed by atoms with Gasteiger partial charge in [0, 0.05) is 18.2 Å². The molecule has 2 rings (SSSR count). The maximum atomic E-state index is 10.7. The normalized spacial score (nSPS) is 21.2. The number of nitrogens with zero attached hydrogens (tertiary/aromatic N) is 1. The van der Waals surface area contributed by atoms with E-state index < -0.39 is 6.10 Å². The molecule has 0 aromatic heterocycles. The standard InChI is InChI=1S/C20H33NO2/c1-15-8-6-7-12-21(15)13-11-18(22)17-14-16(20(2,3)4)9-10-19(17)23-5/h9-10,14-15,18,22H,6-8,11-13H2,1-5H3. The molecule has 0 saturated carbocycles. The van der Waals surface area contributed by atoms with E-state index >= 15 is 0 Å². The summed E-state index contributed by atoms with van der Waals surface area (Å²) in [5, 5.41) is 10.7. The molecule has 1 fully saturated rings. The fraction of sp³-hybridized carbons (Fsp3) is 0.700. The largest absolute Gasteiger partial charge is 0.496 e. The molecular weight excluding hydrogens is 286 g/mol. The Morgan fingerprint density at radius 2 is 2.04 bits per heavy atom. The number of hydrogen-bond donors (Lipinski definition) is 1. The van der Waals surface area contributed by atoms with Gasteiger partial charge in [-0.15, -0.1) is 0 Å². The van der Waals surface area contributed by atoms with Crippen LogP contribution in [0.1, 0.15) is 70.6 Å². The van der Waals surface area contributed by atoms with Crippen LogP contribution in [0.15, 0.2) is 18.2 Å². The third kappa shape index (κ3) is 4.71. The van der Waals surface area contributed by atoms with E-state index in [1.807, 2.05) is 6.07 Å². The van der Waals surface area contributed by atoms with Gasteiger partial charge in [0.05, 0.1) is 13.2 Å². The molecule has 1 aromatic carbocycles. The molecule has 23 heavy (non-hydrogen) atoms. The minimum absolute atomic E-state index is 0.0716. The Labute approximate surface area is 141 Å². The van der Waals surface area contributed by atoms with Crippen LogP contribution in [0.4, 0.5) is 0 Å². The van der Waals surface area contributed by atoms with Crippen molar-refractivity contribution in [2.45, 2.75) is 70.9 Å². The van der Waals surface area contributed by atoms with Crippen molar-refractivity contribution >= 4 is 0 Å². The monoisotopic (exact) mass is 319 g/mol. The molecule has 3 nitrogen and oxygen atoms in total. The second-order valence-electron chi connectivity index (χ2n) is 7.89. The van der Waals surface area contributed by atoms with Crippen LogP contribution in [0.2, 0.25) is 0 Å².